The van der Waals surface area contributed by atoms with Gasteiger partial charge >= 0.3 is 0 Å². The van der Waals surface area contributed by atoms with Crippen molar-refractivity contribution in [2.24, 2.45) is 0 Å². The number of aryl methyl sites for hydroxylation is 2. The molecule has 2 nitrogen and oxygen atoms in total. The number of nitrogens with zero attached hydrogens (tertiary/aromatic N) is 1. The quantitative estimate of drug-likeness (QED) is 0.827. The molecule has 2 aromatic carbocycles. The molecule has 3 heteroatoms. The molecule has 0 spiro atoms. The van der Waals surface area contributed by atoms with E-state index in [2.05, 4.69) is 6.07 Å². The molecule has 2 aromatic rings. The number of hydrogen-bond acceptors (Lipinski definition) is 1. The third-order valence-corrected chi connectivity index (χ3v) is 3.36. The van der Waals surface area contributed by atoms with Crippen LogP contribution < -0.4 is 0 Å². The maximum atomic E-state index is 12.4. The van der Waals surface area contributed by atoms with Crippen LogP contribution in [0.2, 0.25) is 5.02 Å². The molecule has 104 valence electrons. The lowest BCUT2D eigenvalue weighted by Gasteiger charge is -2.18. The Morgan fingerprint density at radius 1 is 1.10 bits per heavy atom. The van der Waals surface area contributed by atoms with Gasteiger partial charge in [0.15, 0.2) is 0 Å². The molecule has 0 atom stereocenters. The Labute approximate surface area is 125 Å². The fourth-order valence-electron chi connectivity index (χ4n) is 2.30. The number of carbonyl (C=O) groups excluding carboxylic acids is 1. The highest BCUT2D eigenvalue weighted by Crippen LogP contribution is 2.15. The molecule has 0 aromatic heterocycles. The summed E-state index contributed by atoms with van der Waals surface area (Å²) in [6, 6.07) is 13.5. The second-order valence-corrected chi connectivity index (χ2v) is 5.60. The van der Waals surface area contributed by atoms with E-state index in [0.717, 1.165) is 22.3 Å². The van der Waals surface area contributed by atoms with Gasteiger partial charge in [0, 0.05) is 24.2 Å². The summed E-state index contributed by atoms with van der Waals surface area (Å²) in [6.45, 7) is 4.55. The van der Waals surface area contributed by atoms with Crippen molar-refractivity contribution in [1.82, 2.24) is 4.90 Å². The normalized spacial score (nSPS) is 10.4. The van der Waals surface area contributed by atoms with Gasteiger partial charge in [-0.3, -0.25) is 4.79 Å². The monoisotopic (exact) mass is 287 g/mol. The Morgan fingerprint density at radius 2 is 1.75 bits per heavy atom. The van der Waals surface area contributed by atoms with E-state index in [9.17, 15) is 4.79 Å². The standard InChI is InChI=1S/C17H18ClNO/c1-12-7-13(2)9-15(8-12)17(20)19(3)11-14-5-4-6-16(18)10-14/h4-10H,11H2,1-3H3. The van der Waals surface area contributed by atoms with Crippen LogP contribution in [-0.2, 0) is 6.54 Å². The highest BCUT2D eigenvalue weighted by Gasteiger charge is 2.12. The van der Waals surface area contributed by atoms with E-state index >= 15 is 0 Å². The van der Waals surface area contributed by atoms with E-state index in [0.29, 0.717) is 11.6 Å². The van der Waals surface area contributed by atoms with Crippen molar-refractivity contribution >= 4 is 17.5 Å². The van der Waals surface area contributed by atoms with Crippen LogP contribution in [0.15, 0.2) is 42.5 Å². The van der Waals surface area contributed by atoms with Crippen LogP contribution in [0.25, 0.3) is 0 Å². The maximum Gasteiger partial charge on any atom is 0.253 e. The van der Waals surface area contributed by atoms with E-state index < -0.39 is 0 Å². The summed E-state index contributed by atoms with van der Waals surface area (Å²) >= 11 is 5.96. The number of amides is 1. The van der Waals surface area contributed by atoms with Crippen molar-refractivity contribution in [2.45, 2.75) is 20.4 Å². The lowest BCUT2D eigenvalue weighted by molar-refractivity contribution is 0.0785. The first-order valence-electron chi connectivity index (χ1n) is 6.54. The molecule has 1 amide bonds. The second kappa shape index (κ2) is 6.10. The summed E-state index contributed by atoms with van der Waals surface area (Å²) in [6.07, 6.45) is 0. The van der Waals surface area contributed by atoms with Crippen molar-refractivity contribution in [3.63, 3.8) is 0 Å². The minimum absolute atomic E-state index is 0.0248. The Balaban J connectivity index is 2.16. The van der Waals surface area contributed by atoms with E-state index in [4.69, 9.17) is 11.6 Å². The Hall–Kier alpha value is -1.80. The van der Waals surface area contributed by atoms with Crippen LogP contribution >= 0.6 is 11.6 Å². The van der Waals surface area contributed by atoms with Crippen molar-refractivity contribution < 1.29 is 4.79 Å². The average Bonchev–Trinajstić information content (AvgIpc) is 2.36. The third-order valence-electron chi connectivity index (χ3n) is 3.12. The van der Waals surface area contributed by atoms with Crippen molar-refractivity contribution in [3.05, 3.63) is 69.7 Å². The molecular formula is C17H18ClNO. The number of benzene rings is 2. The molecular weight excluding hydrogens is 270 g/mol. The van der Waals surface area contributed by atoms with Gasteiger partial charge in [-0.15, -0.1) is 0 Å². The topological polar surface area (TPSA) is 20.3 Å². The highest BCUT2D eigenvalue weighted by molar-refractivity contribution is 6.30. The van der Waals surface area contributed by atoms with E-state index in [1.54, 1.807) is 11.9 Å². The SMILES string of the molecule is Cc1cc(C)cc(C(=O)N(C)Cc2cccc(Cl)c2)c1. The number of hydrogen-bond donors (Lipinski definition) is 0. The van der Waals surface area contributed by atoms with Gasteiger partial charge in [-0.25, -0.2) is 0 Å². The van der Waals surface area contributed by atoms with E-state index in [1.807, 2.05) is 50.2 Å². The van der Waals surface area contributed by atoms with Gasteiger partial charge < -0.3 is 4.90 Å². The van der Waals surface area contributed by atoms with Crippen LogP contribution in [0.1, 0.15) is 27.0 Å². The average molecular weight is 288 g/mol. The van der Waals surface area contributed by atoms with E-state index in [-0.39, 0.29) is 5.91 Å². The Bertz CT molecular complexity index is 616. The summed E-state index contributed by atoms with van der Waals surface area (Å²) in [5, 5.41) is 0.690. The van der Waals surface area contributed by atoms with Crippen molar-refractivity contribution in [2.75, 3.05) is 7.05 Å². The number of carbonyl (C=O) groups is 1. The second-order valence-electron chi connectivity index (χ2n) is 5.17. The molecule has 20 heavy (non-hydrogen) atoms. The third kappa shape index (κ3) is 3.61. The molecule has 0 bridgehead atoms. The molecule has 0 radical (unpaired) electrons. The number of halogens is 1. The Morgan fingerprint density at radius 3 is 2.35 bits per heavy atom. The predicted molar refractivity (Wildman–Crippen MR) is 83.2 cm³/mol. The van der Waals surface area contributed by atoms with Crippen LogP contribution in [0.5, 0.6) is 0 Å². The lowest BCUT2D eigenvalue weighted by Crippen LogP contribution is -2.26. The molecule has 0 heterocycles. The van der Waals surface area contributed by atoms with Gasteiger partial charge in [-0.1, -0.05) is 40.9 Å². The number of rotatable bonds is 3. The van der Waals surface area contributed by atoms with Crippen LogP contribution in [-0.4, -0.2) is 17.9 Å². The zero-order chi connectivity index (χ0) is 14.7. The predicted octanol–water partition coefficient (Wildman–Crippen LogP) is 4.23. The highest BCUT2D eigenvalue weighted by atomic mass is 35.5. The van der Waals surface area contributed by atoms with Gasteiger partial charge in [-0.2, -0.15) is 0 Å². The summed E-state index contributed by atoms with van der Waals surface area (Å²) in [4.78, 5) is 14.1. The minimum atomic E-state index is 0.0248. The molecule has 0 N–H and O–H groups in total. The first-order chi connectivity index (χ1) is 9.45. The molecule has 0 aliphatic carbocycles. The summed E-state index contributed by atoms with van der Waals surface area (Å²) in [5.74, 6) is 0.0248. The fraction of sp³-hybridized carbons (Fsp3) is 0.235. The van der Waals surface area contributed by atoms with Crippen molar-refractivity contribution in [1.29, 1.82) is 0 Å². The minimum Gasteiger partial charge on any atom is -0.337 e. The van der Waals surface area contributed by atoms with Gasteiger partial charge in [0.05, 0.1) is 0 Å². The van der Waals surface area contributed by atoms with Gasteiger partial charge in [0.2, 0.25) is 0 Å². The van der Waals surface area contributed by atoms with Crippen molar-refractivity contribution in [3.8, 4) is 0 Å². The molecule has 0 unspecified atom stereocenters. The fourth-order valence-corrected chi connectivity index (χ4v) is 2.51. The zero-order valence-electron chi connectivity index (χ0n) is 12.0. The lowest BCUT2D eigenvalue weighted by atomic mass is 10.1. The first-order valence-corrected chi connectivity index (χ1v) is 6.92. The smallest absolute Gasteiger partial charge is 0.253 e. The molecule has 0 saturated carbocycles. The molecule has 0 saturated heterocycles. The molecule has 0 aliphatic rings. The van der Waals surface area contributed by atoms with Crippen LogP contribution in [0, 0.1) is 13.8 Å². The summed E-state index contributed by atoms with van der Waals surface area (Å²) < 4.78 is 0. The van der Waals surface area contributed by atoms with Crippen LogP contribution in [0.3, 0.4) is 0 Å². The largest absolute Gasteiger partial charge is 0.337 e. The summed E-state index contributed by atoms with van der Waals surface area (Å²) in [7, 11) is 1.81. The summed E-state index contributed by atoms with van der Waals surface area (Å²) in [5.41, 5.74) is 3.96. The molecule has 0 fully saturated rings. The molecule has 0 aliphatic heterocycles. The van der Waals surface area contributed by atoms with Crippen LogP contribution in [0.4, 0.5) is 0 Å². The Kier molecular flexibility index (Phi) is 4.46. The van der Waals surface area contributed by atoms with Gasteiger partial charge in [-0.05, 0) is 43.7 Å². The van der Waals surface area contributed by atoms with Gasteiger partial charge in [0.25, 0.3) is 5.91 Å². The van der Waals surface area contributed by atoms with E-state index in [1.165, 1.54) is 0 Å². The first kappa shape index (κ1) is 14.6. The zero-order valence-corrected chi connectivity index (χ0v) is 12.7. The van der Waals surface area contributed by atoms with Gasteiger partial charge in [0.1, 0.15) is 0 Å². The maximum absolute atomic E-state index is 12.4. The molecule has 2 rings (SSSR count).